The van der Waals surface area contributed by atoms with Gasteiger partial charge in [-0.3, -0.25) is 10.1 Å². The second-order valence-electron chi connectivity index (χ2n) is 3.01. The fourth-order valence-corrected chi connectivity index (χ4v) is 2.15. The van der Waals surface area contributed by atoms with Gasteiger partial charge in [0.15, 0.2) is 5.16 Å². The Bertz CT molecular complexity index is 548. The van der Waals surface area contributed by atoms with Crippen LogP contribution in [0.15, 0.2) is 51.2 Å². The first-order valence-corrected chi connectivity index (χ1v) is 6.16. The fourth-order valence-electron chi connectivity index (χ4n) is 1.15. The van der Waals surface area contributed by atoms with Gasteiger partial charge in [-0.2, -0.15) is 0 Å². The molecule has 86 valence electrons. The summed E-state index contributed by atoms with van der Waals surface area (Å²) in [6.45, 7) is 0. The first-order chi connectivity index (χ1) is 8.16. The van der Waals surface area contributed by atoms with E-state index in [9.17, 15) is 10.1 Å². The molecule has 2 rings (SSSR count). The van der Waals surface area contributed by atoms with E-state index in [0.717, 1.165) is 4.47 Å². The lowest BCUT2D eigenvalue weighted by Gasteiger charge is -2.00. The zero-order valence-electron chi connectivity index (χ0n) is 8.41. The van der Waals surface area contributed by atoms with Gasteiger partial charge < -0.3 is 0 Å². The Kier molecular flexibility index (Phi) is 3.70. The van der Waals surface area contributed by atoms with Crippen LogP contribution in [0.4, 0.5) is 5.69 Å². The van der Waals surface area contributed by atoms with Crippen molar-refractivity contribution in [1.82, 2.24) is 9.97 Å². The Morgan fingerprint density at radius 2 is 1.88 bits per heavy atom. The van der Waals surface area contributed by atoms with Crippen LogP contribution in [0.5, 0.6) is 0 Å². The minimum Gasteiger partial charge on any atom is -0.258 e. The van der Waals surface area contributed by atoms with E-state index in [-0.39, 0.29) is 5.69 Å². The number of nitro benzene ring substituents is 1. The molecule has 5 nitrogen and oxygen atoms in total. The summed E-state index contributed by atoms with van der Waals surface area (Å²) in [7, 11) is 0. The quantitative estimate of drug-likeness (QED) is 0.494. The SMILES string of the molecule is O=[N+]([O-])c1ccccc1Sc1ncc(Br)cn1. The lowest BCUT2D eigenvalue weighted by molar-refractivity contribution is -0.387. The predicted octanol–water partition coefficient (Wildman–Crippen LogP) is 3.30. The minimum atomic E-state index is -0.415. The Labute approximate surface area is 110 Å². The van der Waals surface area contributed by atoms with Crippen LogP contribution in [-0.2, 0) is 0 Å². The summed E-state index contributed by atoms with van der Waals surface area (Å²) >= 11 is 4.39. The molecule has 1 aromatic heterocycles. The van der Waals surface area contributed by atoms with Crippen LogP contribution in [0.2, 0.25) is 0 Å². The normalized spacial score (nSPS) is 10.2. The minimum absolute atomic E-state index is 0.0593. The number of aromatic nitrogens is 2. The van der Waals surface area contributed by atoms with E-state index in [1.54, 1.807) is 30.6 Å². The standard InChI is InChI=1S/C10H6BrN3O2S/c11-7-5-12-10(13-6-7)17-9-4-2-1-3-8(9)14(15)16/h1-6H. The van der Waals surface area contributed by atoms with Crippen LogP contribution < -0.4 is 0 Å². The summed E-state index contributed by atoms with van der Waals surface area (Å²) in [5.74, 6) is 0. The van der Waals surface area contributed by atoms with Gasteiger partial charge in [-0.25, -0.2) is 9.97 Å². The highest BCUT2D eigenvalue weighted by Gasteiger charge is 2.14. The Morgan fingerprint density at radius 1 is 1.24 bits per heavy atom. The maximum atomic E-state index is 10.8. The van der Waals surface area contributed by atoms with Crippen LogP contribution in [0, 0.1) is 10.1 Å². The second-order valence-corrected chi connectivity index (χ2v) is 4.94. The molecule has 2 aromatic rings. The molecule has 0 bridgehead atoms. The van der Waals surface area contributed by atoms with Crippen molar-refractivity contribution in [2.24, 2.45) is 0 Å². The number of nitro groups is 1. The van der Waals surface area contributed by atoms with Crippen LogP contribution in [-0.4, -0.2) is 14.9 Å². The number of halogens is 1. The van der Waals surface area contributed by atoms with E-state index in [2.05, 4.69) is 25.9 Å². The number of benzene rings is 1. The molecule has 7 heteroatoms. The maximum Gasteiger partial charge on any atom is 0.283 e. The molecule has 0 saturated heterocycles. The van der Waals surface area contributed by atoms with Crippen molar-refractivity contribution in [3.63, 3.8) is 0 Å². The van der Waals surface area contributed by atoms with Crippen molar-refractivity contribution in [3.8, 4) is 0 Å². The van der Waals surface area contributed by atoms with Crippen molar-refractivity contribution in [3.05, 3.63) is 51.2 Å². The average molecular weight is 312 g/mol. The molecule has 0 aliphatic heterocycles. The highest BCUT2D eigenvalue weighted by molar-refractivity contribution is 9.10. The first kappa shape index (κ1) is 12.0. The molecule has 0 unspecified atom stereocenters. The summed E-state index contributed by atoms with van der Waals surface area (Å²) in [6.07, 6.45) is 3.20. The van der Waals surface area contributed by atoms with Crippen LogP contribution in [0.25, 0.3) is 0 Å². The van der Waals surface area contributed by atoms with E-state index >= 15 is 0 Å². The van der Waals surface area contributed by atoms with Crippen molar-refractivity contribution < 1.29 is 4.92 Å². The van der Waals surface area contributed by atoms with Crippen molar-refractivity contribution in [2.75, 3.05) is 0 Å². The van der Waals surface area contributed by atoms with Gasteiger partial charge in [0.1, 0.15) is 0 Å². The summed E-state index contributed by atoms with van der Waals surface area (Å²) in [4.78, 5) is 19.0. The molecule has 0 N–H and O–H groups in total. The topological polar surface area (TPSA) is 68.9 Å². The molecule has 0 fully saturated rings. The second kappa shape index (κ2) is 5.24. The zero-order chi connectivity index (χ0) is 12.3. The molecule has 0 amide bonds. The van der Waals surface area contributed by atoms with Gasteiger partial charge in [0.05, 0.1) is 14.3 Å². The van der Waals surface area contributed by atoms with Crippen LogP contribution in [0.1, 0.15) is 0 Å². The molecule has 0 atom stereocenters. The molecule has 1 heterocycles. The predicted molar refractivity (Wildman–Crippen MR) is 67.0 cm³/mol. The van der Waals surface area contributed by atoms with Crippen molar-refractivity contribution >= 4 is 33.4 Å². The van der Waals surface area contributed by atoms with Crippen molar-refractivity contribution in [1.29, 1.82) is 0 Å². The highest BCUT2D eigenvalue weighted by atomic mass is 79.9. The summed E-state index contributed by atoms with van der Waals surface area (Å²) in [5, 5.41) is 11.3. The van der Waals surface area contributed by atoms with E-state index in [0.29, 0.717) is 10.1 Å². The number of hydrogen-bond acceptors (Lipinski definition) is 5. The number of hydrogen-bond donors (Lipinski definition) is 0. The molecule has 0 spiro atoms. The molecular weight excluding hydrogens is 306 g/mol. The van der Waals surface area contributed by atoms with E-state index in [4.69, 9.17) is 0 Å². The Balaban J connectivity index is 2.30. The average Bonchev–Trinajstić information content (AvgIpc) is 2.32. The summed E-state index contributed by atoms with van der Waals surface area (Å²) in [5.41, 5.74) is 0.0593. The molecule has 0 saturated carbocycles. The van der Waals surface area contributed by atoms with Crippen LogP contribution >= 0.6 is 27.7 Å². The third kappa shape index (κ3) is 3.01. The smallest absolute Gasteiger partial charge is 0.258 e. The zero-order valence-corrected chi connectivity index (χ0v) is 10.8. The Morgan fingerprint density at radius 3 is 2.53 bits per heavy atom. The van der Waals surface area contributed by atoms with E-state index in [1.165, 1.54) is 17.8 Å². The lowest BCUT2D eigenvalue weighted by atomic mass is 10.3. The number of nitrogens with zero attached hydrogens (tertiary/aromatic N) is 3. The van der Waals surface area contributed by atoms with Gasteiger partial charge in [-0.05, 0) is 33.8 Å². The van der Waals surface area contributed by atoms with Gasteiger partial charge in [0, 0.05) is 18.5 Å². The lowest BCUT2D eigenvalue weighted by Crippen LogP contribution is -1.91. The summed E-state index contributed by atoms with van der Waals surface area (Å²) < 4.78 is 0.768. The van der Waals surface area contributed by atoms with Crippen LogP contribution in [0.3, 0.4) is 0 Å². The third-order valence-electron chi connectivity index (χ3n) is 1.86. The third-order valence-corrected chi connectivity index (χ3v) is 3.23. The van der Waals surface area contributed by atoms with Gasteiger partial charge in [0.2, 0.25) is 0 Å². The monoisotopic (exact) mass is 311 g/mol. The van der Waals surface area contributed by atoms with Gasteiger partial charge >= 0.3 is 0 Å². The first-order valence-electron chi connectivity index (χ1n) is 4.55. The van der Waals surface area contributed by atoms with Gasteiger partial charge in [-0.1, -0.05) is 12.1 Å². The molecule has 0 aliphatic carbocycles. The largest absolute Gasteiger partial charge is 0.283 e. The molecule has 1 aromatic carbocycles. The van der Waals surface area contributed by atoms with Gasteiger partial charge in [0.25, 0.3) is 5.69 Å². The number of rotatable bonds is 3. The maximum absolute atomic E-state index is 10.8. The number of para-hydroxylation sites is 1. The van der Waals surface area contributed by atoms with Gasteiger partial charge in [-0.15, -0.1) is 0 Å². The fraction of sp³-hybridized carbons (Fsp3) is 0. The van der Waals surface area contributed by atoms with Crippen molar-refractivity contribution in [2.45, 2.75) is 10.1 Å². The summed E-state index contributed by atoms with van der Waals surface area (Å²) in [6, 6.07) is 6.51. The van der Waals surface area contributed by atoms with E-state index < -0.39 is 4.92 Å². The molecule has 0 radical (unpaired) electrons. The molecule has 0 aliphatic rings. The highest BCUT2D eigenvalue weighted by Crippen LogP contribution is 2.32. The Hall–Kier alpha value is -1.47. The molecule has 17 heavy (non-hydrogen) atoms. The molecular formula is C10H6BrN3O2S. The van der Waals surface area contributed by atoms with E-state index in [1.807, 2.05) is 0 Å².